The van der Waals surface area contributed by atoms with E-state index in [1.165, 1.54) is 0 Å². The third-order valence-corrected chi connectivity index (χ3v) is 5.70. The molecule has 1 N–H and O–H groups in total. The monoisotopic (exact) mass is 376 g/mol. The summed E-state index contributed by atoms with van der Waals surface area (Å²) in [5.41, 5.74) is 1.07. The summed E-state index contributed by atoms with van der Waals surface area (Å²) < 4.78 is 18.7. The molecular formula is C23H25BO4. The van der Waals surface area contributed by atoms with E-state index in [1.807, 2.05) is 76.2 Å². The van der Waals surface area contributed by atoms with Crippen LogP contribution in [0.4, 0.5) is 0 Å². The number of rotatable bonds is 4. The van der Waals surface area contributed by atoms with Crippen molar-refractivity contribution in [2.45, 2.75) is 45.5 Å². The summed E-state index contributed by atoms with van der Waals surface area (Å²) in [5, 5.41) is 11.8. The minimum Gasteiger partial charge on any atom is -0.508 e. The second kappa shape index (κ2) is 6.84. The van der Waals surface area contributed by atoms with Crippen molar-refractivity contribution in [3.8, 4) is 11.5 Å². The van der Waals surface area contributed by atoms with Crippen molar-refractivity contribution in [3.05, 3.63) is 66.2 Å². The molecule has 1 fully saturated rings. The number of ether oxygens (including phenoxy) is 1. The van der Waals surface area contributed by atoms with Gasteiger partial charge >= 0.3 is 7.12 Å². The highest BCUT2D eigenvalue weighted by molar-refractivity contribution is 6.63. The fraction of sp³-hybridized carbons (Fsp3) is 0.304. The van der Waals surface area contributed by atoms with Crippen LogP contribution in [0.25, 0.3) is 10.8 Å². The van der Waals surface area contributed by atoms with Gasteiger partial charge in [-0.2, -0.15) is 0 Å². The van der Waals surface area contributed by atoms with Crippen LogP contribution in [0.3, 0.4) is 0 Å². The Kier molecular flexibility index (Phi) is 4.60. The van der Waals surface area contributed by atoms with Crippen LogP contribution in [0.1, 0.15) is 33.3 Å². The van der Waals surface area contributed by atoms with Crippen molar-refractivity contribution in [2.75, 3.05) is 0 Å². The first-order valence-corrected chi connectivity index (χ1v) is 9.54. The Balaban J connectivity index is 1.74. The quantitative estimate of drug-likeness (QED) is 0.685. The average Bonchev–Trinajstić information content (AvgIpc) is 2.87. The van der Waals surface area contributed by atoms with E-state index in [0.29, 0.717) is 12.4 Å². The minimum atomic E-state index is -0.519. The zero-order chi connectivity index (χ0) is 19.9. The molecule has 0 spiro atoms. The molecule has 0 aliphatic carbocycles. The lowest BCUT2D eigenvalue weighted by molar-refractivity contribution is 0.00578. The molecule has 0 amide bonds. The molecule has 1 heterocycles. The second-order valence-electron chi connectivity index (χ2n) is 8.28. The molecule has 5 heteroatoms. The van der Waals surface area contributed by atoms with Gasteiger partial charge in [0.2, 0.25) is 0 Å². The number of aromatic hydroxyl groups is 1. The van der Waals surface area contributed by atoms with Crippen LogP contribution in [0.5, 0.6) is 11.5 Å². The van der Waals surface area contributed by atoms with Gasteiger partial charge in [-0.05, 0) is 62.2 Å². The van der Waals surface area contributed by atoms with Gasteiger partial charge in [0.1, 0.15) is 18.1 Å². The maximum Gasteiger partial charge on any atom is 0.498 e. The topological polar surface area (TPSA) is 47.9 Å². The zero-order valence-corrected chi connectivity index (χ0v) is 16.7. The van der Waals surface area contributed by atoms with E-state index in [-0.39, 0.29) is 5.75 Å². The van der Waals surface area contributed by atoms with Gasteiger partial charge in [-0.25, -0.2) is 0 Å². The van der Waals surface area contributed by atoms with E-state index < -0.39 is 18.3 Å². The predicted octanol–water partition coefficient (Wildman–Crippen LogP) is 4.42. The van der Waals surface area contributed by atoms with E-state index in [9.17, 15) is 5.11 Å². The highest BCUT2D eigenvalue weighted by Gasteiger charge is 2.52. The van der Waals surface area contributed by atoms with Gasteiger partial charge in [-0.3, -0.25) is 0 Å². The third kappa shape index (κ3) is 3.48. The molecule has 0 aromatic heterocycles. The highest BCUT2D eigenvalue weighted by Crippen LogP contribution is 2.38. The van der Waals surface area contributed by atoms with Crippen LogP contribution >= 0.6 is 0 Å². The number of fused-ring (bicyclic) bond motifs is 1. The molecule has 0 radical (unpaired) electrons. The molecule has 3 aromatic carbocycles. The SMILES string of the molecule is CC1(C)OB(c2cc3ccc(O)cc3cc2OCc2ccccc2)OC1(C)C. The summed E-state index contributed by atoms with van der Waals surface area (Å²) >= 11 is 0. The van der Waals surface area contributed by atoms with E-state index in [2.05, 4.69) is 0 Å². The Bertz CT molecular complexity index is 982. The lowest BCUT2D eigenvalue weighted by atomic mass is 9.77. The summed E-state index contributed by atoms with van der Waals surface area (Å²) in [6, 6.07) is 19.3. The first kappa shape index (κ1) is 18.8. The van der Waals surface area contributed by atoms with E-state index in [0.717, 1.165) is 21.8 Å². The highest BCUT2D eigenvalue weighted by atomic mass is 16.7. The summed E-state index contributed by atoms with van der Waals surface area (Å²) in [5.74, 6) is 0.922. The average molecular weight is 376 g/mol. The van der Waals surface area contributed by atoms with Gasteiger partial charge in [0.05, 0.1) is 11.2 Å². The minimum absolute atomic E-state index is 0.227. The molecule has 0 unspecified atom stereocenters. The summed E-state index contributed by atoms with van der Waals surface area (Å²) in [6.07, 6.45) is 0. The fourth-order valence-corrected chi connectivity index (χ4v) is 3.30. The van der Waals surface area contributed by atoms with Crippen LogP contribution in [-0.2, 0) is 15.9 Å². The first-order chi connectivity index (χ1) is 13.2. The molecule has 1 aliphatic rings. The van der Waals surface area contributed by atoms with Crippen molar-refractivity contribution < 1.29 is 19.2 Å². The summed E-state index contributed by atoms with van der Waals surface area (Å²) in [7, 11) is -0.519. The lowest BCUT2D eigenvalue weighted by Crippen LogP contribution is -2.41. The van der Waals surface area contributed by atoms with Gasteiger partial charge in [-0.1, -0.05) is 42.5 Å². The van der Waals surface area contributed by atoms with Gasteiger partial charge in [0, 0.05) is 5.46 Å². The Morgan fingerprint density at radius 1 is 0.857 bits per heavy atom. The third-order valence-electron chi connectivity index (χ3n) is 5.70. The number of hydrogen-bond donors (Lipinski definition) is 1. The Hall–Kier alpha value is -2.50. The van der Waals surface area contributed by atoms with Crippen molar-refractivity contribution in [1.82, 2.24) is 0 Å². The molecule has 4 nitrogen and oxygen atoms in total. The molecule has 1 aliphatic heterocycles. The van der Waals surface area contributed by atoms with Crippen LogP contribution in [0.15, 0.2) is 60.7 Å². The van der Waals surface area contributed by atoms with Crippen LogP contribution in [0, 0.1) is 0 Å². The molecule has 0 atom stereocenters. The van der Waals surface area contributed by atoms with E-state index >= 15 is 0 Å². The molecular weight excluding hydrogens is 351 g/mol. The van der Waals surface area contributed by atoms with Crippen molar-refractivity contribution in [2.24, 2.45) is 0 Å². The number of hydrogen-bond acceptors (Lipinski definition) is 4. The maximum absolute atomic E-state index is 9.86. The van der Waals surface area contributed by atoms with Crippen LogP contribution in [0.2, 0.25) is 0 Å². The summed E-state index contributed by atoms with van der Waals surface area (Å²) in [6.45, 7) is 8.60. The zero-order valence-electron chi connectivity index (χ0n) is 16.7. The number of benzene rings is 3. The van der Waals surface area contributed by atoms with Crippen molar-refractivity contribution in [1.29, 1.82) is 0 Å². The Labute approximate surface area is 166 Å². The van der Waals surface area contributed by atoms with Crippen molar-refractivity contribution >= 4 is 23.4 Å². The molecule has 28 heavy (non-hydrogen) atoms. The standard InChI is InChI=1S/C23H25BO4/c1-22(2)23(3,4)28-24(27-22)20-13-17-10-11-19(25)12-18(17)14-21(20)26-15-16-8-6-5-7-9-16/h5-14,25H,15H2,1-4H3. The number of phenolic OH excluding ortho intramolecular Hbond substituents is 1. The van der Waals surface area contributed by atoms with Gasteiger partial charge in [0.25, 0.3) is 0 Å². The first-order valence-electron chi connectivity index (χ1n) is 9.54. The molecule has 0 bridgehead atoms. The smallest absolute Gasteiger partial charge is 0.498 e. The maximum atomic E-state index is 9.86. The molecule has 1 saturated heterocycles. The fourth-order valence-electron chi connectivity index (χ4n) is 3.30. The van der Waals surface area contributed by atoms with Crippen LogP contribution in [-0.4, -0.2) is 23.4 Å². The second-order valence-corrected chi connectivity index (χ2v) is 8.28. The summed E-state index contributed by atoms with van der Waals surface area (Å²) in [4.78, 5) is 0. The molecule has 144 valence electrons. The van der Waals surface area contributed by atoms with Gasteiger partial charge < -0.3 is 19.2 Å². The molecule has 0 saturated carbocycles. The predicted molar refractivity (Wildman–Crippen MR) is 112 cm³/mol. The van der Waals surface area contributed by atoms with Gasteiger partial charge in [0.15, 0.2) is 0 Å². The Morgan fingerprint density at radius 2 is 1.54 bits per heavy atom. The molecule has 3 aromatic rings. The largest absolute Gasteiger partial charge is 0.508 e. The normalized spacial score (nSPS) is 17.8. The van der Waals surface area contributed by atoms with E-state index in [4.69, 9.17) is 14.0 Å². The van der Waals surface area contributed by atoms with Gasteiger partial charge in [-0.15, -0.1) is 0 Å². The number of phenols is 1. The van der Waals surface area contributed by atoms with E-state index in [1.54, 1.807) is 12.1 Å². The van der Waals surface area contributed by atoms with Crippen LogP contribution < -0.4 is 10.2 Å². The molecule has 4 rings (SSSR count). The van der Waals surface area contributed by atoms with Crippen molar-refractivity contribution in [3.63, 3.8) is 0 Å². The Morgan fingerprint density at radius 3 is 2.21 bits per heavy atom. The lowest BCUT2D eigenvalue weighted by Gasteiger charge is -2.32.